The van der Waals surface area contributed by atoms with Gasteiger partial charge in [-0.05, 0) is 36.4 Å². The molecule has 3 N–H and O–H groups in total. The number of nitrogens with two attached hydrogens (primary N) is 1. The molecule has 0 unspecified atom stereocenters. The van der Waals surface area contributed by atoms with Gasteiger partial charge in [-0.15, -0.1) is 0 Å². The van der Waals surface area contributed by atoms with Crippen LogP contribution in [-0.2, 0) is 0 Å². The van der Waals surface area contributed by atoms with Crippen molar-refractivity contribution >= 4 is 44.6 Å². The molecule has 0 atom stereocenters. The quantitative estimate of drug-likeness (QED) is 0.797. The summed E-state index contributed by atoms with van der Waals surface area (Å²) in [5.41, 5.74) is 7.36. The lowest BCUT2D eigenvalue weighted by atomic mass is 10.2. The highest BCUT2D eigenvalue weighted by Crippen LogP contribution is 2.31. The Hall–Kier alpha value is -1.26. The van der Waals surface area contributed by atoms with Gasteiger partial charge in [0, 0.05) is 4.47 Å². The maximum absolute atomic E-state index is 13.1. The van der Waals surface area contributed by atoms with Crippen LogP contribution in [0.3, 0.4) is 0 Å². The smallest absolute Gasteiger partial charge is 0.125 e. The van der Waals surface area contributed by atoms with Crippen molar-refractivity contribution in [3.8, 4) is 0 Å². The molecule has 0 fully saturated rings. The normalized spacial score (nSPS) is 10.3. The summed E-state index contributed by atoms with van der Waals surface area (Å²) >= 11 is 9.36. The Morgan fingerprint density at radius 3 is 2.65 bits per heavy atom. The standard InChI is InChI=1S/C12H9BrClFN2/c13-7-1-3-9(14)11(5-7)17-12-6-8(15)2-4-10(12)16/h1-6,17H,16H2. The van der Waals surface area contributed by atoms with Crippen molar-refractivity contribution in [2.45, 2.75) is 0 Å². The van der Waals surface area contributed by atoms with E-state index in [1.807, 2.05) is 6.07 Å². The molecule has 0 aliphatic rings. The monoisotopic (exact) mass is 314 g/mol. The molecule has 0 radical (unpaired) electrons. The predicted molar refractivity (Wildman–Crippen MR) is 73.2 cm³/mol. The van der Waals surface area contributed by atoms with E-state index in [0.717, 1.165) is 4.47 Å². The Bertz CT molecular complexity index is 511. The van der Waals surface area contributed by atoms with Crippen molar-refractivity contribution in [1.29, 1.82) is 0 Å². The van der Waals surface area contributed by atoms with E-state index in [1.165, 1.54) is 18.2 Å². The second-order valence-electron chi connectivity index (χ2n) is 3.48. The fourth-order valence-corrected chi connectivity index (χ4v) is 1.90. The van der Waals surface area contributed by atoms with Crippen molar-refractivity contribution in [2.24, 2.45) is 0 Å². The molecule has 0 saturated carbocycles. The van der Waals surface area contributed by atoms with E-state index in [0.29, 0.717) is 22.1 Å². The van der Waals surface area contributed by atoms with Crippen LogP contribution in [0, 0.1) is 5.82 Å². The van der Waals surface area contributed by atoms with E-state index < -0.39 is 0 Å². The third kappa shape index (κ3) is 2.90. The summed E-state index contributed by atoms with van der Waals surface area (Å²) in [5, 5.41) is 3.53. The van der Waals surface area contributed by atoms with E-state index in [1.54, 1.807) is 12.1 Å². The van der Waals surface area contributed by atoms with Gasteiger partial charge in [0.15, 0.2) is 0 Å². The first-order chi connectivity index (χ1) is 8.06. The molecule has 0 bridgehead atoms. The molecule has 0 heterocycles. The maximum Gasteiger partial charge on any atom is 0.125 e. The maximum atomic E-state index is 13.1. The van der Waals surface area contributed by atoms with Crippen LogP contribution in [0.2, 0.25) is 5.02 Å². The molecule has 2 nitrogen and oxygen atoms in total. The summed E-state index contributed by atoms with van der Waals surface area (Å²) in [6, 6.07) is 9.50. The zero-order valence-corrected chi connectivity index (χ0v) is 11.0. The van der Waals surface area contributed by atoms with Gasteiger partial charge in [0.1, 0.15) is 5.82 Å². The van der Waals surface area contributed by atoms with Gasteiger partial charge in [0.2, 0.25) is 0 Å². The molecule has 5 heteroatoms. The largest absolute Gasteiger partial charge is 0.397 e. The second-order valence-corrected chi connectivity index (χ2v) is 4.80. The number of benzene rings is 2. The van der Waals surface area contributed by atoms with Crippen LogP contribution in [0.4, 0.5) is 21.5 Å². The average molecular weight is 316 g/mol. The molecule has 0 aromatic heterocycles. The molecule has 0 spiro atoms. The van der Waals surface area contributed by atoms with Gasteiger partial charge in [-0.3, -0.25) is 0 Å². The second kappa shape index (κ2) is 4.94. The highest BCUT2D eigenvalue weighted by Gasteiger charge is 2.05. The Labute approximate surface area is 112 Å². The molecule has 2 aromatic carbocycles. The number of anilines is 3. The summed E-state index contributed by atoms with van der Waals surface area (Å²) in [7, 11) is 0. The molecular formula is C12H9BrClFN2. The fraction of sp³-hybridized carbons (Fsp3) is 0. The summed E-state index contributed by atoms with van der Waals surface area (Å²) < 4.78 is 14.0. The highest BCUT2D eigenvalue weighted by molar-refractivity contribution is 9.10. The van der Waals surface area contributed by atoms with Gasteiger partial charge < -0.3 is 11.1 Å². The molecule has 0 saturated heterocycles. The molecule has 0 aliphatic carbocycles. The molecule has 0 aliphatic heterocycles. The first-order valence-corrected chi connectivity index (χ1v) is 6.00. The van der Waals surface area contributed by atoms with Gasteiger partial charge in [0.25, 0.3) is 0 Å². The predicted octanol–water partition coefficient (Wildman–Crippen LogP) is 4.57. The number of nitrogens with one attached hydrogen (secondary N) is 1. The number of hydrogen-bond acceptors (Lipinski definition) is 2. The van der Waals surface area contributed by atoms with Gasteiger partial charge in [-0.2, -0.15) is 0 Å². The van der Waals surface area contributed by atoms with Gasteiger partial charge in [-0.25, -0.2) is 4.39 Å². The summed E-state index contributed by atoms with van der Waals surface area (Å²) in [6.45, 7) is 0. The Morgan fingerprint density at radius 1 is 1.12 bits per heavy atom. The number of halogens is 3. The summed E-state index contributed by atoms with van der Waals surface area (Å²) in [4.78, 5) is 0. The number of nitrogen functional groups attached to an aromatic ring is 1. The van der Waals surface area contributed by atoms with E-state index in [9.17, 15) is 4.39 Å². The third-order valence-corrected chi connectivity index (χ3v) is 3.04. The summed E-state index contributed by atoms with van der Waals surface area (Å²) in [6.07, 6.45) is 0. The molecule has 88 valence electrons. The molecular weight excluding hydrogens is 307 g/mol. The van der Waals surface area contributed by atoms with Crippen LogP contribution in [0.15, 0.2) is 40.9 Å². The molecule has 0 amide bonds. The van der Waals surface area contributed by atoms with Crippen LogP contribution >= 0.6 is 27.5 Å². The highest BCUT2D eigenvalue weighted by atomic mass is 79.9. The molecule has 2 rings (SSSR count). The van der Waals surface area contributed by atoms with Gasteiger partial charge >= 0.3 is 0 Å². The number of rotatable bonds is 2. The Balaban J connectivity index is 2.37. The zero-order chi connectivity index (χ0) is 12.4. The fourth-order valence-electron chi connectivity index (χ4n) is 1.38. The van der Waals surface area contributed by atoms with Crippen molar-refractivity contribution < 1.29 is 4.39 Å². The van der Waals surface area contributed by atoms with Gasteiger partial charge in [0.05, 0.1) is 22.1 Å². The zero-order valence-electron chi connectivity index (χ0n) is 8.68. The van der Waals surface area contributed by atoms with Crippen molar-refractivity contribution in [3.63, 3.8) is 0 Å². The van der Waals surface area contributed by atoms with Crippen LogP contribution in [0.1, 0.15) is 0 Å². The van der Waals surface area contributed by atoms with Crippen molar-refractivity contribution in [1.82, 2.24) is 0 Å². The molecule has 17 heavy (non-hydrogen) atoms. The van der Waals surface area contributed by atoms with Crippen LogP contribution < -0.4 is 11.1 Å². The lowest BCUT2D eigenvalue weighted by molar-refractivity contribution is 0.628. The minimum absolute atomic E-state index is 0.354. The topological polar surface area (TPSA) is 38.0 Å². The lowest BCUT2D eigenvalue weighted by Gasteiger charge is -2.11. The third-order valence-electron chi connectivity index (χ3n) is 2.21. The lowest BCUT2D eigenvalue weighted by Crippen LogP contribution is -1.97. The SMILES string of the molecule is Nc1ccc(F)cc1Nc1cc(Br)ccc1Cl. The average Bonchev–Trinajstić information content (AvgIpc) is 2.28. The van der Waals surface area contributed by atoms with Crippen LogP contribution in [-0.4, -0.2) is 0 Å². The molecule has 2 aromatic rings. The van der Waals surface area contributed by atoms with Crippen LogP contribution in [0.5, 0.6) is 0 Å². The van der Waals surface area contributed by atoms with Crippen molar-refractivity contribution in [3.05, 3.63) is 51.7 Å². The first-order valence-electron chi connectivity index (χ1n) is 4.83. The van der Waals surface area contributed by atoms with E-state index in [-0.39, 0.29) is 5.82 Å². The van der Waals surface area contributed by atoms with E-state index in [2.05, 4.69) is 21.2 Å². The summed E-state index contributed by atoms with van der Waals surface area (Å²) in [5.74, 6) is -0.354. The van der Waals surface area contributed by atoms with Gasteiger partial charge in [-0.1, -0.05) is 27.5 Å². The van der Waals surface area contributed by atoms with E-state index in [4.69, 9.17) is 17.3 Å². The van der Waals surface area contributed by atoms with E-state index >= 15 is 0 Å². The Kier molecular flexibility index (Phi) is 3.54. The first kappa shape index (κ1) is 12.2. The Morgan fingerprint density at radius 2 is 1.88 bits per heavy atom. The minimum atomic E-state index is -0.354. The minimum Gasteiger partial charge on any atom is -0.397 e. The van der Waals surface area contributed by atoms with Crippen LogP contribution in [0.25, 0.3) is 0 Å². The number of hydrogen-bond donors (Lipinski definition) is 2. The van der Waals surface area contributed by atoms with Crippen molar-refractivity contribution in [2.75, 3.05) is 11.1 Å².